The molecule has 1 aromatic carbocycles. The van der Waals surface area contributed by atoms with Crippen LogP contribution in [0.1, 0.15) is 15.4 Å². The lowest BCUT2D eigenvalue weighted by Crippen LogP contribution is -1.93. The Kier molecular flexibility index (Phi) is 3.41. The summed E-state index contributed by atoms with van der Waals surface area (Å²) in [6, 6.07) is 10.0. The van der Waals surface area contributed by atoms with Crippen molar-refractivity contribution in [3.05, 3.63) is 52.4 Å². The molecular weight excluding hydrogens is 334 g/mol. The highest BCUT2D eigenvalue weighted by Crippen LogP contribution is 2.34. The molecule has 3 aromatic rings. The fourth-order valence-corrected chi connectivity index (χ4v) is 4.07. The van der Waals surface area contributed by atoms with E-state index < -0.39 is 0 Å². The predicted octanol–water partition coefficient (Wildman–Crippen LogP) is 5.22. The molecule has 0 spiro atoms. The summed E-state index contributed by atoms with van der Waals surface area (Å²) in [6.45, 7) is 0. The van der Waals surface area contributed by atoms with Crippen molar-refractivity contribution in [1.82, 2.24) is 4.98 Å². The Morgan fingerprint density at radius 2 is 2.17 bits per heavy atom. The highest BCUT2D eigenvalue weighted by Gasteiger charge is 2.16. The van der Waals surface area contributed by atoms with Crippen LogP contribution >= 0.6 is 38.9 Å². The fourth-order valence-electron chi connectivity index (χ4n) is 1.80. The SMILES string of the molecule is Clc1occc1C(Br)Cc1nc2ccccc2s1. The second-order valence-electron chi connectivity index (χ2n) is 3.90. The van der Waals surface area contributed by atoms with Crippen molar-refractivity contribution >= 4 is 49.1 Å². The first-order valence-corrected chi connectivity index (χ1v) is 7.56. The Balaban J connectivity index is 1.86. The number of rotatable bonds is 3. The Morgan fingerprint density at radius 1 is 1.33 bits per heavy atom. The zero-order chi connectivity index (χ0) is 12.5. The average Bonchev–Trinajstić information content (AvgIpc) is 2.94. The van der Waals surface area contributed by atoms with Crippen molar-refractivity contribution in [2.75, 3.05) is 0 Å². The molecule has 5 heteroatoms. The van der Waals surface area contributed by atoms with Crippen molar-refractivity contribution < 1.29 is 4.42 Å². The minimum absolute atomic E-state index is 0.129. The number of alkyl halides is 1. The van der Waals surface area contributed by atoms with Crippen LogP contribution in [0.2, 0.25) is 5.22 Å². The lowest BCUT2D eigenvalue weighted by Gasteiger charge is -2.04. The summed E-state index contributed by atoms with van der Waals surface area (Å²) >= 11 is 11.3. The number of hydrogen-bond donors (Lipinski definition) is 0. The molecule has 0 aliphatic carbocycles. The van der Waals surface area contributed by atoms with Crippen LogP contribution in [0.3, 0.4) is 0 Å². The molecule has 2 aromatic heterocycles. The van der Waals surface area contributed by atoms with E-state index in [4.69, 9.17) is 16.0 Å². The van der Waals surface area contributed by atoms with Gasteiger partial charge in [-0.3, -0.25) is 0 Å². The summed E-state index contributed by atoms with van der Waals surface area (Å²) in [6.07, 6.45) is 2.41. The smallest absolute Gasteiger partial charge is 0.197 e. The van der Waals surface area contributed by atoms with Gasteiger partial charge in [0.05, 0.1) is 26.3 Å². The number of benzene rings is 1. The van der Waals surface area contributed by atoms with Crippen LogP contribution in [0.25, 0.3) is 10.2 Å². The maximum absolute atomic E-state index is 5.97. The first kappa shape index (κ1) is 12.2. The molecule has 0 aliphatic heterocycles. The first-order chi connectivity index (χ1) is 8.74. The summed E-state index contributed by atoms with van der Waals surface area (Å²) in [5.41, 5.74) is 2.02. The highest BCUT2D eigenvalue weighted by atomic mass is 79.9. The van der Waals surface area contributed by atoms with Crippen molar-refractivity contribution in [3.63, 3.8) is 0 Å². The van der Waals surface area contributed by atoms with Gasteiger partial charge in [0.25, 0.3) is 0 Å². The summed E-state index contributed by atoms with van der Waals surface area (Å²) in [7, 11) is 0. The number of halogens is 2. The molecule has 2 heterocycles. The molecule has 1 atom stereocenters. The van der Waals surface area contributed by atoms with Crippen LogP contribution in [-0.4, -0.2) is 4.98 Å². The monoisotopic (exact) mass is 341 g/mol. The molecule has 3 rings (SSSR count). The third-order valence-electron chi connectivity index (χ3n) is 2.68. The van der Waals surface area contributed by atoms with E-state index in [0.717, 1.165) is 22.5 Å². The van der Waals surface area contributed by atoms with E-state index in [1.807, 2.05) is 24.3 Å². The zero-order valence-electron chi connectivity index (χ0n) is 9.27. The van der Waals surface area contributed by atoms with Crippen LogP contribution in [0.15, 0.2) is 41.0 Å². The molecule has 2 nitrogen and oxygen atoms in total. The van der Waals surface area contributed by atoms with E-state index in [9.17, 15) is 0 Å². The van der Waals surface area contributed by atoms with Gasteiger partial charge in [0.15, 0.2) is 5.22 Å². The first-order valence-electron chi connectivity index (χ1n) is 5.45. The van der Waals surface area contributed by atoms with E-state index in [1.54, 1.807) is 17.6 Å². The van der Waals surface area contributed by atoms with Crippen molar-refractivity contribution in [2.45, 2.75) is 11.2 Å². The maximum Gasteiger partial charge on any atom is 0.197 e. The van der Waals surface area contributed by atoms with Crippen LogP contribution in [-0.2, 0) is 6.42 Å². The summed E-state index contributed by atoms with van der Waals surface area (Å²) in [5, 5.41) is 1.54. The molecule has 0 bridgehead atoms. The van der Waals surface area contributed by atoms with Gasteiger partial charge < -0.3 is 4.42 Å². The third-order valence-corrected chi connectivity index (χ3v) is 4.86. The van der Waals surface area contributed by atoms with Gasteiger partial charge in [-0.25, -0.2) is 4.98 Å². The molecule has 1 unspecified atom stereocenters. The molecular formula is C13H9BrClNOS. The Labute approximate surface area is 122 Å². The van der Waals surface area contributed by atoms with Gasteiger partial charge in [0, 0.05) is 12.0 Å². The second-order valence-corrected chi connectivity index (χ2v) is 6.46. The van der Waals surface area contributed by atoms with E-state index in [1.165, 1.54) is 4.70 Å². The number of thiazole rings is 1. The molecule has 0 fully saturated rings. The Bertz CT molecular complexity index is 645. The summed E-state index contributed by atoms with van der Waals surface area (Å²) < 4.78 is 6.31. The van der Waals surface area contributed by atoms with Crippen LogP contribution < -0.4 is 0 Å². The van der Waals surface area contributed by atoms with Crippen molar-refractivity contribution in [3.8, 4) is 0 Å². The third kappa shape index (κ3) is 2.32. The maximum atomic E-state index is 5.97. The summed E-state index contributed by atoms with van der Waals surface area (Å²) in [5.74, 6) is 0. The van der Waals surface area contributed by atoms with Crippen molar-refractivity contribution in [1.29, 1.82) is 0 Å². The Hall–Kier alpha value is -0.840. The lowest BCUT2D eigenvalue weighted by molar-refractivity contribution is 0.565. The van der Waals surface area contributed by atoms with Gasteiger partial charge >= 0.3 is 0 Å². The Morgan fingerprint density at radius 3 is 2.89 bits per heavy atom. The summed E-state index contributed by atoms with van der Waals surface area (Å²) in [4.78, 5) is 4.74. The van der Waals surface area contributed by atoms with E-state index >= 15 is 0 Å². The average molecular weight is 343 g/mol. The van der Waals surface area contributed by atoms with E-state index in [2.05, 4.69) is 27.0 Å². The van der Waals surface area contributed by atoms with Gasteiger partial charge in [-0.15, -0.1) is 11.3 Å². The highest BCUT2D eigenvalue weighted by molar-refractivity contribution is 9.09. The van der Waals surface area contributed by atoms with Gasteiger partial charge in [-0.2, -0.15) is 0 Å². The molecule has 0 saturated carbocycles. The molecule has 0 N–H and O–H groups in total. The van der Waals surface area contributed by atoms with Gasteiger partial charge in [0.2, 0.25) is 0 Å². The lowest BCUT2D eigenvalue weighted by atomic mass is 10.2. The topological polar surface area (TPSA) is 26.0 Å². The van der Waals surface area contributed by atoms with Crippen LogP contribution in [0.5, 0.6) is 0 Å². The van der Waals surface area contributed by atoms with Crippen LogP contribution in [0.4, 0.5) is 0 Å². The molecule has 0 saturated heterocycles. The number of para-hydroxylation sites is 1. The normalized spacial score (nSPS) is 13.0. The number of nitrogens with zero attached hydrogens (tertiary/aromatic N) is 1. The second kappa shape index (κ2) is 5.03. The molecule has 0 radical (unpaired) electrons. The number of hydrogen-bond acceptors (Lipinski definition) is 3. The van der Waals surface area contributed by atoms with E-state index in [-0.39, 0.29) is 4.83 Å². The fraction of sp³-hybridized carbons (Fsp3) is 0.154. The van der Waals surface area contributed by atoms with Crippen molar-refractivity contribution in [2.24, 2.45) is 0 Å². The zero-order valence-corrected chi connectivity index (χ0v) is 12.4. The molecule has 0 aliphatic rings. The van der Waals surface area contributed by atoms with Gasteiger partial charge in [0.1, 0.15) is 0 Å². The number of aromatic nitrogens is 1. The molecule has 18 heavy (non-hydrogen) atoms. The largest absolute Gasteiger partial charge is 0.453 e. The predicted molar refractivity (Wildman–Crippen MR) is 78.7 cm³/mol. The molecule has 0 amide bonds. The minimum Gasteiger partial charge on any atom is -0.453 e. The van der Waals surface area contributed by atoms with E-state index in [0.29, 0.717) is 5.22 Å². The number of fused-ring (bicyclic) bond motifs is 1. The molecule has 92 valence electrons. The van der Waals surface area contributed by atoms with Crippen LogP contribution in [0, 0.1) is 0 Å². The number of furan rings is 1. The standard InChI is InChI=1S/C13H9BrClNOS/c14-9(8-5-6-17-13(8)15)7-12-16-10-3-1-2-4-11(10)18-12/h1-6,9H,7H2. The van der Waals surface area contributed by atoms with Gasteiger partial charge in [-0.05, 0) is 29.8 Å². The minimum atomic E-state index is 0.129. The quantitative estimate of drug-likeness (QED) is 0.610. The van der Waals surface area contributed by atoms with Gasteiger partial charge in [-0.1, -0.05) is 28.1 Å².